The van der Waals surface area contributed by atoms with Crippen LogP contribution in [0.5, 0.6) is 0 Å². The first-order valence-corrected chi connectivity index (χ1v) is 7.29. The van der Waals surface area contributed by atoms with E-state index in [0.717, 1.165) is 0 Å². The van der Waals surface area contributed by atoms with Gasteiger partial charge in [0.2, 0.25) is 0 Å². The van der Waals surface area contributed by atoms with E-state index in [4.69, 9.17) is 0 Å². The second-order valence-electron chi connectivity index (χ2n) is 6.15. The zero-order valence-corrected chi connectivity index (χ0v) is 13.0. The fourth-order valence-electron chi connectivity index (χ4n) is 2.07. The average Bonchev–Trinajstić information content (AvgIpc) is 2.73. The summed E-state index contributed by atoms with van der Waals surface area (Å²) in [6, 6.07) is 9.14. The number of rotatable bonds is 1. The van der Waals surface area contributed by atoms with Crippen LogP contribution in [-0.2, 0) is 5.41 Å². The molecule has 0 N–H and O–H groups in total. The lowest BCUT2D eigenvalue weighted by atomic mass is 9.95. The van der Waals surface area contributed by atoms with Gasteiger partial charge in [-0.05, 0) is 60.6 Å². The van der Waals surface area contributed by atoms with Gasteiger partial charge in [0.25, 0.3) is 0 Å². The van der Waals surface area contributed by atoms with Crippen LogP contribution >= 0.6 is 11.3 Å². The maximum atomic E-state index is 2.31. The van der Waals surface area contributed by atoms with Crippen LogP contribution < -0.4 is 0 Å². The van der Waals surface area contributed by atoms with E-state index in [-0.39, 0.29) is 5.41 Å². The lowest BCUT2D eigenvalue weighted by molar-refractivity contribution is 0.604. The number of hydrogen-bond donors (Lipinski definition) is 0. The molecule has 0 amide bonds. The van der Waals surface area contributed by atoms with Gasteiger partial charge in [-0.3, -0.25) is 0 Å². The fraction of sp³-hybridized carbons (Fsp3) is 0.412. The van der Waals surface area contributed by atoms with Crippen LogP contribution in [0, 0.1) is 20.8 Å². The SMILES string of the molecule is Cc1cc(-c2ccc(C(C)(C)C)s2)cc(C)c1C. The van der Waals surface area contributed by atoms with E-state index < -0.39 is 0 Å². The highest BCUT2D eigenvalue weighted by molar-refractivity contribution is 7.15. The third-order valence-corrected chi connectivity index (χ3v) is 5.12. The van der Waals surface area contributed by atoms with Gasteiger partial charge in [-0.15, -0.1) is 11.3 Å². The van der Waals surface area contributed by atoms with Gasteiger partial charge >= 0.3 is 0 Å². The van der Waals surface area contributed by atoms with E-state index in [1.165, 1.54) is 32.0 Å². The van der Waals surface area contributed by atoms with E-state index in [1.807, 2.05) is 11.3 Å². The van der Waals surface area contributed by atoms with Crippen LogP contribution in [0.15, 0.2) is 24.3 Å². The minimum atomic E-state index is 0.248. The second-order valence-corrected chi connectivity index (χ2v) is 7.23. The molecule has 0 saturated heterocycles. The summed E-state index contributed by atoms with van der Waals surface area (Å²) in [6.45, 7) is 13.4. The van der Waals surface area contributed by atoms with Crippen molar-refractivity contribution < 1.29 is 0 Å². The van der Waals surface area contributed by atoms with Gasteiger partial charge in [-0.2, -0.15) is 0 Å². The molecule has 0 unspecified atom stereocenters. The fourth-order valence-corrected chi connectivity index (χ4v) is 3.13. The van der Waals surface area contributed by atoms with Crippen molar-refractivity contribution in [3.8, 4) is 10.4 Å². The van der Waals surface area contributed by atoms with Gasteiger partial charge in [0.15, 0.2) is 0 Å². The number of thiophene rings is 1. The molecule has 1 aromatic carbocycles. The highest BCUT2D eigenvalue weighted by Crippen LogP contribution is 2.36. The molecule has 18 heavy (non-hydrogen) atoms. The summed E-state index contributed by atoms with van der Waals surface area (Å²) in [5.41, 5.74) is 5.78. The molecule has 2 rings (SSSR count). The number of benzene rings is 1. The van der Waals surface area contributed by atoms with E-state index >= 15 is 0 Å². The van der Waals surface area contributed by atoms with Crippen molar-refractivity contribution in [1.29, 1.82) is 0 Å². The molecule has 0 nitrogen and oxygen atoms in total. The standard InChI is InChI=1S/C17H22S/c1-11-9-14(10-12(2)13(11)3)15-7-8-16(18-15)17(4,5)6/h7-10H,1-6H3. The maximum Gasteiger partial charge on any atom is 0.0346 e. The van der Waals surface area contributed by atoms with Crippen LogP contribution in [-0.4, -0.2) is 0 Å². The van der Waals surface area contributed by atoms with Gasteiger partial charge in [0.1, 0.15) is 0 Å². The average molecular weight is 258 g/mol. The van der Waals surface area contributed by atoms with Crippen molar-refractivity contribution in [1.82, 2.24) is 0 Å². The third kappa shape index (κ3) is 2.51. The van der Waals surface area contributed by atoms with Gasteiger partial charge in [-0.25, -0.2) is 0 Å². The molecular formula is C17H22S. The molecule has 0 aliphatic heterocycles. The molecule has 96 valence electrons. The lowest BCUT2D eigenvalue weighted by Crippen LogP contribution is -2.07. The molecule has 1 heterocycles. The van der Waals surface area contributed by atoms with Crippen LogP contribution in [0.2, 0.25) is 0 Å². The predicted octanol–water partition coefficient (Wildman–Crippen LogP) is 5.64. The largest absolute Gasteiger partial charge is 0.140 e. The van der Waals surface area contributed by atoms with Crippen molar-refractivity contribution in [3.05, 3.63) is 45.8 Å². The number of aryl methyl sites for hydroxylation is 2. The summed E-state index contributed by atoms with van der Waals surface area (Å²) in [5, 5.41) is 0. The van der Waals surface area contributed by atoms with Crippen molar-refractivity contribution in [3.63, 3.8) is 0 Å². The molecule has 1 aromatic heterocycles. The van der Waals surface area contributed by atoms with Crippen molar-refractivity contribution in [2.24, 2.45) is 0 Å². The Morgan fingerprint density at radius 2 is 1.44 bits per heavy atom. The molecule has 2 aromatic rings. The summed E-state index contributed by atoms with van der Waals surface area (Å²) in [6.07, 6.45) is 0. The van der Waals surface area contributed by atoms with Crippen LogP contribution in [0.25, 0.3) is 10.4 Å². The van der Waals surface area contributed by atoms with E-state index in [1.54, 1.807) is 0 Å². The Morgan fingerprint density at radius 1 is 0.889 bits per heavy atom. The van der Waals surface area contributed by atoms with Gasteiger partial charge in [0, 0.05) is 9.75 Å². The van der Waals surface area contributed by atoms with Crippen molar-refractivity contribution >= 4 is 11.3 Å². The summed E-state index contributed by atoms with van der Waals surface area (Å²) in [7, 11) is 0. The Kier molecular flexibility index (Phi) is 3.37. The van der Waals surface area contributed by atoms with Gasteiger partial charge in [0.05, 0.1) is 0 Å². The first-order valence-electron chi connectivity index (χ1n) is 6.47. The normalized spacial score (nSPS) is 11.9. The van der Waals surface area contributed by atoms with Crippen LogP contribution in [0.3, 0.4) is 0 Å². The van der Waals surface area contributed by atoms with Gasteiger partial charge < -0.3 is 0 Å². The highest BCUT2D eigenvalue weighted by atomic mass is 32.1. The Hall–Kier alpha value is -1.08. The summed E-state index contributed by atoms with van der Waals surface area (Å²) < 4.78 is 0. The Bertz CT molecular complexity index is 545. The minimum Gasteiger partial charge on any atom is -0.140 e. The molecule has 0 fully saturated rings. The molecule has 0 atom stereocenters. The Morgan fingerprint density at radius 3 is 1.89 bits per heavy atom. The quantitative estimate of drug-likeness (QED) is 0.621. The molecule has 0 saturated carbocycles. The molecular weight excluding hydrogens is 236 g/mol. The molecule has 0 radical (unpaired) electrons. The number of hydrogen-bond acceptors (Lipinski definition) is 1. The second kappa shape index (κ2) is 4.55. The lowest BCUT2D eigenvalue weighted by Gasteiger charge is -2.15. The Balaban J connectivity index is 2.47. The monoisotopic (exact) mass is 258 g/mol. The zero-order valence-electron chi connectivity index (χ0n) is 12.2. The van der Waals surface area contributed by atoms with Gasteiger partial charge in [-0.1, -0.05) is 32.9 Å². The third-order valence-electron chi connectivity index (χ3n) is 3.56. The molecule has 0 aliphatic carbocycles. The first kappa shape index (κ1) is 13.4. The molecule has 1 heteroatoms. The summed E-state index contributed by atoms with van der Waals surface area (Å²) in [5.74, 6) is 0. The topological polar surface area (TPSA) is 0 Å². The van der Waals surface area contributed by atoms with Crippen LogP contribution in [0.4, 0.5) is 0 Å². The van der Waals surface area contributed by atoms with Crippen LogP contribution in [0.1, 0.15) is 42.3 Å². The predicted molar refractivity (Wildman–Crippen MR) is 82.7 cm³/mol. The molecule has 0 bridgehead atoms. The molecule has 0 aliphatic rings. The maximum absolute atomic E-state index is 2.31. The smallest absolute Gasteiger partial charge is 0.0346 e. The van der Waals surface area contributed by atoms with E-state index in [9.17, 15) is 0 Å². The van der Waals surface area contributed by atoms with E-state index in [2.05, 4.69) is 65.8 Å². The minimum absolute atomic E-state index is 0.248. The summed E-state index contributed by atoms with van der Waals surface area (Å²) in [4.78, 5) is 2.83. The Labute approximate surface area is 115 Å². The van der Waals surface area contributed by atoms with E-state index in [0.29, 0.717) is 0 Å². The first-order chi connectivity index (χ1) is 8.29. The molecule has 0 spiro atoms. The van der Waals surface area contributed by atoms with Crippen molar-refractivity contribution in [2.75, 3.05) is 0 Å². The summed E-state index contributed by atoms with van der Waals surface area (Å²) >= 11 is 1.92. The van der Waals surface area contributed by atoms with Crippen molar-refractivity contribution in [2.45, 2.75) is 47.0 Å². The highest BCUT2D eigenvalue weighted by Gasteiger charge is 2.16. The zero-order chi connectivity index (χ0) is 13.5.